The first-order chi connectivity index (χ1) is 7.83. The first kappa shape index (κ1) is 11.5. The Morgan fingerprint density at radius 3 is 3.06 bits per heavy atom. The number of nitrogens with one attached hydrogen (secondary N) is 1. The lowest BCUT2D eigenvalue weighted by Gasteiger charge is -2.30. The maximum absolute atomic E-state index is 5.77. The molecule has 4 heteroatoms. The summed E-state index contributed by atoms with van der Waals surface area (Å²) in [4.78, 5) is 4.16. The lowest BCUT2D eigenvalue weighted by molar-refractivity contribution is -0.00841. The maximum Gasteiger partial charge on any atom is 0.0783 e. The summed E-state index contributed by atoms with van der Waals surface area (Å²) < 4.78 is 5.77. The molecule has 0 saturated carbocycles. The molecule has 1 aromatic heterocycles. The van der Waals surface area contributed by atoms with E-state index in [9.17, 15) is 0 Å². The Balaban J connectivity index is 2.18. The van der Waals surface area contributed by atoms with E-state index in [2.05, 4.69) is 17.3 Å². The van der Waals surface area contributed by atoms with E-state index in [-0.39, 0.29) is 12.1 Å². The van der Waals surface area contributed by atoms with Crippen molar-refractivity contribution < 1.29 is 4.74 Å². The van der Waals surface area contributed by atoms with Crippen LogP contribution in [0.3, 0.4) is 0 Å². The van der Waals surface area contributed by atoms with Gasteiger partial charge >= 0.3 is 0 Å². The molecular formula is C12H19N3O. The molecule has 0 bridgehead atoms. The third-order valence-corrected chi connectivity index (χ3v) is 3.18. The summed E-state index contributed by atoms with van der Waals surface area (Å²) in [6, 6.07) is 2.05. The van der Waals surface area contributed by atoms with Crippen molar-refractivity contribution in [3.63, 3.8) is 0 Å². The normalized spacial score (nSPS) is 23.0. The van der Waals surface area contributed by atoms with Crippen molar-refractivity contribution in [2.24, 2.45) is 5.84 Å². The smallest absolute Gasteiger partial charge is 0.0783 e. The van der Waals surface area contributed by atoms with Gasteiger partial charge in [-0.15, -0.1) is 0 Å². The van der Waals surface area contributed by atoms with E-state index in [1.807, 2.05) is 12.3 Å². The number of aryl methyl sites for hydroxylation is 1. The number of aromatic nitrogens is 1. The summed E-state index contributed by atoms with van der Waals surface area (Å²) in [5.74, 6) is 5.65. The van der Waals surface area contributed by atoms with Crippen LogP contribution >= 0.6 is 0 Å². The SMILES string of the molecule is Cc1ccncc1C(NN)C1CCCCO1. The Kier molecular flexibility index (Phi) is 3.88. The van der Waals surface area contributed by atoms with E-state index in [1.54, 1.807) is 6.20 Å². The highest BCUT2D eigenvalue weighted by Gasteiger charge is 2.26. The van der Waals surface area contributed by atoms with Gasteiger partial charge < -0.3 is 4.74 Å². The van der Waals surface area contributed by atoms with Gasteiger partial charge in [0, 0.05) is 19.0 Å². The average Bonchev–Trinajstić information content (AvgIpc) is 2.34. The lowest BCUT2D eigenvalue weighted by Crippen LogP contribution is -2.40. The van der Waals surface area contributed by atoms with Crippen molar-refractivity contribution >= 4 is 0 Å². The van der Waals surface area contributed by atoms with Crippen molar-refractivity contribution in [2.75, 3.05) is 6.61 Å². The molecule has 1 aliphatic heterocycles. The summed E-state index contributed by atoms with van der Waals surface area (Å²) in [7, 11) is 0. The van der Waals surface area contributed by atoms with Crippen molar-refractivity contribution in [2.45, 2.75) is 38.3 Å². The molecule has 0 amide bonds. The van der Waals surface area contributed by atoms with Crippen molar-refractivity contribution in [3.8, 4) is 0 Å². The number of ether oxygens (including phenoxy) is 1. The largest absolute Gasteiger partial charge is 0.376 e. The zero-order chi connectivity index (χ0) is 11.4. The van der Waals surface area contributed by atoms with Crippen molar-refractivity contribution in [1.82, 2.24) is 10.4 Å². The number of nitrogens with zero attached hydrogens (tertiary/aromatic N) is 1. The lowest BCUT2D eigenvalue weighted by atomic mass is 9.95. The van der Waals surface area contributed by atoms with E-state index in [0.717, 1.165) is 25.0 Å². The number of pyridine rings is 1. The molecule has 2 atom stereocenters. The topological polar surface area (TPSA) is 60.2 Å². The molecule has 1 aromatic rings. The zero-order valence-corrected chi connectivity index (χ0v) is 9.65. The molecule has 2 heterocycles. The molecule has 1 aliphatic rings. The Hall–Kier alpha value is -0.970. The van der Waals surface area contributed by atoms with Gasteiger partial charge in [-0.2, -0.15) is 0 Å². The van der Waals surface area contributed by atoms with Crippen LogP contribution in [0.15, 0.2) is 18.5 Å². The Bertz CT molecular complexity index is 337. The molecule has 2 unspecified atom stereocenters. The molecule has 3 N–H and O–H groups in total. The van der Waals surface area contributed by atoms with E-state index in [4.69, 9.17) is 10.6 Å². The number of rotatable bonds is 3. The van der Waals surface area contributed by atoms with E-state index in [1.165, 1.54) is 12.0 Å². The number of hydrogen-bond acceptors (Lipinski definition) is 4. The zero-order valence-electron chi connectivity index (χ0n) is 9.65. The van der Waals surface area contributed by atoms with Gasteiger partial charge in [0.2, 0.25) is 0 Å². The van der Waals surface area contributed by atoms with Crippen LogP contribution in [0.2, 0.25) is 0 Å². The second-order valence-electron chi connectivity index (χ2n) is 4.28. The third kappa shape index (κ3) is 2.40. The van der Waals surface area contributed by atoms with Crippen LogP contribution < -0.4 is 11.3 Å². The highest BCUT2D eigenvalue weighted by molar-refractivity contribution is 5.26. The Labute approximate surface area is 96.2 Å². The van der Waals surface area contributed by atoms with Gasteiger partial charge in [0.05, 0.1) is 12.1 Å². The van der Waals surface area contributed by atoms with Crippen molar-refractivity contribution in [3.05, 3.63) is 29.6 Å². The fourth-order valence-electron chi connectivity index (χ4n) is 2.23. The Morgan fingerprint density at radius 2 is 2.44 bits per heavy atom. The summed E-state index contributed by atoms with van der Waals surface area (Å²) in [6.07, 6.45) is 7.26. The van der Waals surface area contributed by atoms with E-state index < -0.39 is 0 Å². The van der Waals surface area contributed by atoms with Gasteiger partial charge in [0.25, 0.3) is 0 Å². The third-order valence-electron chi connectivity index (χ3n) is 3.18. The highest BCUT2D eigenvalue weighted by atomic mass is 16.5. The van der Waals surface area contributed by atoms with Gasteiger partial charge in [-0.05, 0) is 43.4 Å². The Morgan fingerprint density at radius 1 is 1.56 bits per heavy atom. The van der Waals surface area contributed by atoms with Crippen LogP contribution in [0.5, 0.6) is 0 Å². The standard InChI is InChI=1S/C12H19N3O/c1-9-5-6-14-8-10(9)12(15-13)11-4-2-3-7-16-11/h5-6,8,11-12,15H,2-4,7,13H2,1H3. The van der Waals surface area contributed by atoms with Crippen molar-refractivity contribution in [1.29, 1.82) is 0 Å². The molecule has 0 radical (unpaired) electrons. The van der Waals surface area contributed by atoms with Crippen LogP contribution in [0.1, 0.15) is 36.4 Å². The molecule has 88 valence electrons. The summed E-state index contributed by atoms with van der Waals surface area (Å²) in [5.41, 5.74) is 5.20. The van der Waals surface area contributed by atoms with Gasteiger partial charge in [-0.1, -0.05) is 0 Å². The minimum Gasteiger partial charge on any atom is -0.376 e. The molecule has 1 saturated heterocycles. The fourth-order valence-corrected chi connectivity index (χ4v) is 2.23. The summed E-state index contributed by atoms with van der Waals surface area (Å²) >= 11 is 0. The first-order valence-corrected chi connectivity index (χ1v) is 5.81. The predicted molar refractivity (Wildman–Crippen MR) is 62.6 cm³/mol. The number of hydrogen-bond donors (Lipinski definition) is 2. The van der Waals surface area contributed by atoms with Gasteiger partial charge in [0.1, 0.15) is 0 Å². The maximum atomic E-state index is 5.77. The van der Waals surface area contributed by atoms with Crippen LogP contribution in [0.4, 0.5) is 0 Å². The fraction of sp³-hybridized carbons (Fsp3) is 0.583. The minimum absolute atomic E-state index is 0.0500. The van der Waals surface area contributed by atoms with Gasteiger partial charge in [-0.25, -0.2) is 0 Å². The molecule has 0 aliphatic carbocycles. The van der Waals surface area contributed by atoms with Crippen LogP contribution in [-0.4, -0.2) is 17.7 Å². The molecule has 16 heavy (non-hydrogen) atoms. The first-order valence-electron chi connectivity index (χ1n) is 5.81. The van der Waals surface area contributed by atoms with Crippen LogP contribution in [0.25, 0.3) is 0 Å². The number of hydrazine groups is 1. The van der Waals surface area contributed by atoms with E-state index >= 15 is 0 Å². The molecule has 2 rings (SSSR count). The molecule has 0 spiro atoms. The second kappa shape index (κ2) is 5.39. The average molecular weight is 221 g/mol. The monoisotopic (exact) mass is 221 g/mol. The van der Waals surface area contributed by atoms with Gasteiger partial charge in [-0.3, -0.25) is 16.3 Å². The minimum atomic E-state index is 0.0500. The molecular weight excluding hydrogens is 202 g/mol. The summed E-state index contributed by atoms with van der Waals surface area (Å²) in [5, 5.41) is 0. The second-order valence-corrected chi connectivity index (χ2v) is 4.28. The van der Waals surface area contributed by atoms with Crippen LogP contribution in [0, 0.1) is 6.92 Å². The molecule has 0 aromatic carbocycles. The quantitative estimate of drug-likeness (QED) is 0.599. The number of nitrogens with two attached hydrogens (primary N) is 1. The molecule has 4 nitrogen and oxygen atoms in total. The molecule has 1 fully saturated rings. The summed E-state index contributed by atoms with van der Waals surface area (Å²) in [6.45, 7) is 2.91. The van der Waals surface area contributed by atoms with Gasteiger partial charge in [0.15, 0.2) is 0 Å². The van der Waals surface area contributed by atoms with E-state index in [0.29, 0.717) is 0 Å². The predicted octanol–water partition coefficient (Wildman–Crippen LogP) is 1.46. The highest BCUT2D eigenvalue weighted by Crippen LogP contribution is 2.27. The van der Waals surface area contributed by atoms with Crippen LogP contribution in [-0.2, 0) is 4.74 Å².